The molecule has 0 aliphatic heterocycles. The summed E-state index contributed by atoms with van der Waals surface area (Å²) in [4.78, 5) is 0. The molecule has 0 saturated carbocycles. The van der Waals surface area contributed by atoms with Gasteiger partial charge in [0.2, 0.25) is 0 Å². The van der Waals surface area contributed by atoms with Crippen LogP contribution < -0.4 is 5.32 Å². The van der Waals surface area contributed by atoms with E-state index in [9.17, 15) is 0 Å². The molecule has 1 heterocycles. The minimum atomic E-state index is 0.493. The molecule has 0 aliphatic carbocycles. The van der Waals surface area contributed by atoms with Crippen LogP contribution in [0.25, 0.3) is 0 Å². The molecule has 1 rings (SSSR count). The Balaban J connectivity index is 2.61. The highest BCUT2D eigenvalue weighted by Gasteiger charge is 2.13. The first-order valence-corrected chi connectivity index (χ1v) is 5.66. The van der Waals surface area contributed by atoms with Gasteiger partial charge in [-0.1, -0.05) is 20.8 Å². The van der Waals surface area contributed by atoms with Crippen molar-refractivity contribution in [1.82, 2.24) is 15.5 Å². The molecule has 84 valence electrons. The van der Waals surface area contributed by atoms with Crippen LogP contribution in [0.2, 0.25) is 0 Å². The van der Waals surface area contributed by atoms with Crippen LogP contribution in [0.1, 0.15) is 32.2 Å². The predicted octanol–water partition coefficient (Wildman–Crippen LogP) is 1.96. The first-order chi connectivity index (χ1) is 7.13. The number of likely N-dealkylation sites (N-methyl/N-ethyl adjacent to an activating group) is 1. The SMILES string of the molecule is CCNC(Cc1ccc(C)nn1)C(C)C. The lowest BCUT2D eigenvalue weighted by atomic mass is 9.99. The van der Waals surface area contributed by atoms with Gasteiger partial charge in [-0.3, -0.25) is 0 Å². The van der Waals surface area contributed by atoms with Gasteiger partial charge in [0.15, 0.2) is 0 Å². The number of aryl methyl sites for hydroxylation is 1. The zero-order valence-electron chi connectivity index (χ0n) is 10.1. The summed E-state index contributed by atoms with van der Waals surface area (Å²) < 4.78 is 0. The molecule has 15 heavy (non-hydrogen) atoms. The van der Waals surface area contributed by atoms with Crippen LogP contribution in [0.4, 0.5) is 0 Å². The summed E-state index contributed by atoms with van der Waals surface area (Å²) in [6, 6.07) is 4.58. The maximum atomic E-state index is 4.19. The van der Waals surface area contributed by atoms with Gasteiger partial charge in [0, 0.05) is 12.5 Å². The first kappa shape index (κ1) is 12.1. The van der Waals surface area contributed by atoms with Crippen LogP contribution in [-0.4, -0.2) is 22.8 Å². The minimum absolute atomic E-state index is 0.493. The van der Waals surface area contributed by atoms with Crippen LogP contribution in [0.5, 0.6) is 0 Å². The fraction of sp³-hybridized carbons (Fsp3) is 0.667. The molecule has 1 unspecified atom stereocenters. The Labute approximate surface area is 92.3 Å². The second-order valence-electron chi connectivity index (χ2n) is 4.28. The topological polar surface area (TPSA) is 37.8 Å². The van der Waals surface area contributed by atoms with Gasteiger partial charge >= 0.3 is 0 Å². The third kappa shape index (κ3) is 3.96. The summed E-state index contributed by atoms with van der Waals surface area (Å²) in [5, 5.41) is 11.7. The van der Waals surface area contributed by atoms with E-state index in [-0.39, 0.29) is 0 Å². The van der Waals surface area contributed by atoms with Crippen molar-refractivity contribution in [3.63, 3.8) is 0 Å². The zero-order chi connectivity index (χ0) is 11.3. The van der Waals surface area contributed by atoms with Gasteiger partial charge in [-0.05, 0) is 31.5 Å². The molecule has 0 bridgehead atoms. The normalized spacial score (nSPS) is 13.1. The Morgan fingerprint density at radius 2 is 2.00 bits per heavy atom. The van der Waals surface area contributed by atoms with Crippen molar-refractivity contribution in [3.05, 3.63) is 23.5 Å². The van der Waals surface area contributed by atoms with Gasteiger partial charge in [0.05, 0.1) is 11.4 Å². The van der Waals surface area contributed by atoms with E-state index in [0.29, 0.717) is 12.0 Å². The molecule has 0 spiro atoms. The number of hydrogen-bond donors (Lipinski definition) is 1. The Bertz CT molecular complexity index is 279. The van der Waals surface area contributed by atoms with E-state index in [1.807, 2.05) is 13.0 Å². The van der Waals surface area contributed by atoms with E-state index in [2.05, 4.69) is 42.4 Å². The van der Waals surface area contributed by atoms with Gasteiger partial charge in [-0.25, -0.2) is 0 Å². The third-order valence-corrected chi connectivity index (χ3v) is 2.55. The van der Waals surface area contributed by atoms with Crippen LogP contribution in [0.3, 0.4) is 0 Å². The summed E-state index contributed by atoms with van der Waals surface area (Å²) in [5.74, 6) is 0.619. The highest BCUT2D eigenvalue weighted by Crippen LogP contribution is 2.08. The minimum Gasteiger partial charge on any atom is -0.314 e. The smallest absolute Gasteiger partial charge is 0.0646 e. The largest absolute Gasteiger partial charge is 0.314 e. The fourth-order valence-corrected chi connectivity index (χ4v) is 1.57. The summed E-state index contributed by atoms with van der Waals surface area (Å²) in [5.41, 5.74) is 2.04. The number of rotatable bonds is 5. The van der Waals surface area contributed by atoms with Crippen molar-refractivity contribution >= 4 is 0 Å². The maximum absolute atomic E-state index is 4.19. The number of aromatic nitrogens is 2. The second-order valence-corrected chi connectivity index (χ2v) is 4.28. The molecular weight excluding hydrogens is 186 g/mol. The molecule has 3 heteroatoms. The van der Waals surface area contributed by atoms with Crippen molar-refractivity contribution in [3.8, 4) is 0 Å². The fourth-order valence-electron chi connectivity index (χ4n) is 1.57. The van der Waals surface area contributed by atoms with Crippen LogP contribution >= 0.6 is 0 Å². The zero-order valence-corrected chi connectivity index (χ0v) is 10.1. The molecule has 0 saturated heterocycles. The second kappa shape index (κ2) is 5.81. The molecule has 3 nitrogen and oxygen atoms in total. The lowest BCUT2D eigenvalue weighted by molar-refractivity contribution is 0.401. The third-order valence-electron chi connectivity index (χ3n) is 2.55. The molecular formula is C12H21N3. The molecule has 0 aliphatic rings. The molecule has 0 amide bonds. The quantitative estimate of drug-likeness (QED) is 0.802. The Morgan fingerprint density at radius 3 is 2.47 bits per heavy atom. The molecule has 0 aromatic carbocycles. The van der Waals surface area contributed by atoms with E-state index in [1.165, 1.54) is 0 Å². The summed E-state index contributed by atoms with van der Waals surface area (Å²) >= 11 is 0. The lowest BCUT2D eigenvalue weighted by Gasteiger charge is -2.21. The average molecular weight is 207 g/mol. The standard InChI is InChI=1S/C12H21N3/c1-5-13-12(9(2)3)8-11-7-6-10(4)14-15-11/h6-7,9,12-13H,5,8H2,1-4H3. The summed E-state index contributed by atoms with van der Waals surface area (Å²) in [6.07, 6.45) is 0.957. The van der Waals surface area contributed by atoms with Crippen molar-refractivity contribution < 1.29 is 0 Å². The van der Waals surface area contributed by atoms with E-state index in [0.717, 1.165) is 24.4 Å². The van der Waals surface area contributed by atoms with Gasteiger partial charge in [0.1, 0.15) is 0 Å². The van der Waals surface area contributed by atoms with Crippen molar-refractivity contribution in [1.29, 1.82) is 0 Å². The predicted molar refractivity (Wildman–Crippen MR) is 62.8 cm³/mol. The van der Waals surface area contributed by atoms with E-state index >= 15 is 0 Å². The highest BCUT2D eigenvalue weighted by molar-refractivity contribution is 5.06. The number of hydrogen-bond acceptors (Lipinski definition) is 3. The monoisotopic (exact) mass is 207 g/mol. The van der Waals surface area contributed by atoms with Gasteiger partial charge in [0.25, 0.3) is 0 Å². The van der Waals surface area contributed by atoms with Gasteiger partial charge in [-0.2, -0.15) is 10.2 Å². The Morgan fingerprint density at radius 1 is 1.27 bits per heavy atom. The molecule has 1 atom stereocenters. The van der Waals surface area contributed by atoms with Crippen molar-refractivity contribution in [2.75, 3.05) is 6.54 Å². The average Bonchev–Trinajstić information content (AvgIpc) is 2.20. The van der Waals surface area contributed by atoms with Gasteiger partial charge < -0.3 is 5.32 Å². The Kier molecular flexibility index (Phi) is 4.69. The molecule has 0 fully saturated rings. The van der Waals surface area contributed by atoms with Gasteiger partial charge in [-0.15, -0.1) is 0 Å². The van der Waals surface area contributed by atoms with Crippen LogP contribution in [0, 0.1) is 12.8 Å². The van der Waals surface area contributed by atoms with Crippen LogP contribution in [0.15, 0.2) is 12.1 Å². The summed E-state index contributed by atoms with van der Waals surface area (Å²) in [6.45, 7) is 9.56. The molecule has 0 radical (unpaired) electrons. The highest BCUT2D eigenvalue weighted by atomic mass is 15.1. The van der Waals surface area contributed by atoms with Crippen molar-refractivity contribution in [2.45, 2.75) is 40.2 Å². The van der Waals surface area contributed by atoms with Crippen molar-refractivity contribution in [2.24, 2.45) is 5.92 Å². The molecule has 1 aromatic heterocycles. The lowest BCUT2D eigenvalue weighted by Crippen LogP contribution is -2.35. The Hall–Kier alpha value is -0.960. The number of nitrogens with zero attached hydrogens (tertiary/aromatic N) is 2. The summed E-state index contributed by atoms with van der Waals surface area (Å²) in [7, 11) is 0. The van der Waals surface area contributed by atoms with E-state index in [4.69, 9.17) is 0 Å². The first-order valence-electron chi connectivity index (χ1n) is 5.66. The van der Waals surface area contributed by atoms with E-state index in [1.54, 1.807) is 0 Å². The molecule has 1 N–H and O–H groups in total. The maximum Gasteiger partial charge on any atom is 0.0646 e. The van der Waals surface area contributed by atoms with Crippen LogP contribution in [-0.2, 0) is 6.42 Å². The molecule has 1 aromatic rings. The number of nitrogens with one attached hydrogen (secondary N) is 1. The van der Waals surface area contributed by atoms with E-state index < -0.39 is 0 Å².